The normalized spacial score (nSPS) is 11.7. The molecule has 0 aromatic heterocycles. The molecule has 0 aliphatic carbocycles. The van der Waals surface area contributed by atoms with Gasteiger partial charge in [0.1, 0.15) is 0 Å². The Balaban J connectivity index is 1.86. The van der Waals surface area contributed by atoms with E-state index in [0.717, 1.165) is 10.0 Å². The Bertz CT molecular complexity index is 664. The molecule has 0 heterocycles. The monoisotopic (exact) mass is 338 g/mol. The summed E-state index contributed by atoms with van der Waals surface area (Å²) in [5.74, 6) is 0.0112. The second-order valence-corrected chi connectivity index (χ2v) is 5.30. The summed E-state index contributed by atoms with van der Waals surface area (Å²) in [5, 5.41) is 0. The maximum atomic E-state index is 11.8. The summed E-state index contributed by atoms with van der Waals surface area (Å²) >= 11 is 3.40. The molecule has 104 valence electrons. The zero-order valence-corrected chi connectivity index (χ0v) is 13.0. The number of benzene rings is 2. The molecule has 1 nitrogen and oxygen atoms in total. The third kappa shape index (κ3) is 5.36. The lowest BCUT2D eigenvalue weighted by atomic mass is 10.1. The van der Waals surface area contributed by atoms with Gasteiger partial charge in [0.05, 0.1) is 0 Å². The molecule has 0 spiro atoms. The third-order valence-corrected chi connectivity index (χ3v) is 3.33. The van der Waals surface area contributed by atoms with Crippen LogP contribution in [-0.4, -0.2) is 5.78 Å². The van der Waals surface area contributed by atoms with Crippen LogP contribution in [0.2, 0.25) is 0 Å². The molecule has 0 saturated carbocycles. The van der Waals surface area contributed by atoms with E-state index in [1.807, 2.05) is 78.9 Å². The molecule has 0 aliphatic rings. The highest BCUT2D eigenvalue weighted by Crippen LogP contribution is 2.11. The van der Waals surface area contributed by atoms with Crippen LogP contribution < -0.4 is 0 Å². The van der Waals surface area contributed by atoms with Crippen LogP contribution >= 0.6 is 15.9 Å². The van der Waals surface area contributed by atoms with Gasteiger partial charge >= 0.3 is 0 Å². The van der Waals surface area contributed by atoms with Crippen molar-refractivity contribution in [3.05, 3.63) is 101 Å². The second-order valence-electron chi connectivity index (χ2n) is 4.38. The largest absolute Gasteiger partial charge is 0.289 e. The SMILES string of the molecule is O=C(C=CC=CC=Cc1ccc(Br)cc1)c1ccccc1. The molecule has 0 saturated heterocycles. The molecule has 0 atom stereocenters. The average Bonchev–Trinajstić information content (AvgIpc) is 2.53. The van der Waals surface area contributed by atoms with Crippen molar-refractivity contribution in [1.29, 1.82) is 0 Å². The minimum absolute atomic E-state index is 0.0112. The Morgan fingerprint density at radius 2 is 1.48 bits per heavy atom. The molecule has 0 aliphatic heterocycles. The van der Waals surface area contributed by atoms with Crippen molar-refractivity contribution in [2.45, 2.75) is 0 Å². The molecule has 2 aromatic carbocycles. The van der Waals surface area contributed by atoms with Crippen molar-refractivity contribution in [1.82, 2.24) is 0 Å². The fourth-order valence-corrected chi connectivity index (χ4v) is 1.97. The van der Waals surface area contributed by atoms with Gasteiger partial charge < -0.3 is 0 Å². The van der Waals surface area contributed by atoms with E-state index in [-0.39, 0.29) is 5.78 Å². The quantitative estimate of drug-likeness (QED) is 0.402. The number of hydrogen-bond acceptors (Lipinski definition) is 1. The molecular formula is C19H15BrO. The van der Waals surface area contributed by atoms with Crippen LogP contribution in [0.25, 0.3) is 6.08 Å². The molecule has 2 heteroatoms. The molecule has 0 bridgehead atoms. The number of carbonyl (C=O) groups is 1. The molecular weight excluding hydrogens is 324 g/mol. The molecule has 21 heavy (non-hydrogen) atoms. The molecule has 0 N–H and O–H groups in total. The van der Waals surface area contributed by atoms with Crippen LogP contribution in [0.3, 0.4) is 0 Å². The van der Waals surface area contributed by atoms with E-state index in [1.54, 1.807) is 12.2 Å². The van der Waals surface area contributed by atoms with Gasteiger partial charge in [0.25, 0.3) is 0 Å². The zero-order chi connectivity index (χ0) is 14.9. The Hall–Kier alpha value is -2.19. The average molecular weight is 339 g/mol. The summed E-state index contributed by atoms with van der Waals surface area (Å²) in [6, 6.07) is 17.3. The molecule has 0 radical (unpaired) electrons. The van der Waals surface area contributed by atoms with Crippen LogP contribution in [0.1, 0.15) is 15.9 Å². The smallest absolute Gasteiger partial charge is 0.185 e. The van der Waals surface area contributed by atoms with E-state index >= 15 is 0 Å². The predicted molar refractivity (Wildman–Crippen MR) is 92.2 cm³/mol. The Labute approximate surface area is 133 Å². The second kappa shape index (κ2) is 8.18. The van der Waals surface area contributed by atoms with Gasteiger partial charge in [-0.25, -0.2) is 0 Å². The lowest BCUT2D eigenvalue weighted by Gasteiger charge is -1.92. The fourth-order valence-electron chi connectivity index (χ4n) is 1.71. The van der Waals surface area contributed by atoms with Gasteiger partial charge in [-0.1, -0.05) is 88.8 Å². The van der Waals surface area contributed by atoms with E-state index in [1.165, 1.54) is 0 Å². The van der Waals surface area contributed by atoms with E-state index in [2.05, 4.69) is 15.9 Å². The van der Waals surface area contributed by atoms with Gasteiger partial charge in [0.15, 0.2) is 5.78 Å². The number of carbonyl (C=O) groups excluding carboxylic acids is 1. The number of hydrogen-bond donors (Lipinski definition) is 0. The Kier molecular flexibility index (Phi) is 5.92. The maximum Gasteiger partial charge on any atom is 0.185 e. The Morgan fingerprint density at radius 1 is 0.810 bits per heavy atom. The molecule has 0 unspecified atom stereocenters. The van der Waals surface area contributed by atoms with Gasteiger partial charge in [-0.05, 0) is 23.8 Å². The highest BCUT2D eigenvalue weighted by Gasteiger charge is 1.97. The van der Waals surface area contributed by atoms with E-state index in [0.29, 0.717) is 5.56 Å². The summed E-state index contributed by atoms with van der Waals surface area (Å²) in [6.45, 7) is 0. The molecule has 2 rings (SSSR count). The van der Waals surface area contributed by atoms with Crippen LogP contribution in [-0.2, 0) is 0 Å². The highest BCUT2D eigenvalue weighted by molar-refractivity contribution is 9.10. The van der Waals surface area contributed by atoms with E-state index < -0.39 is 0 Å². The van der Waals surface area contributed by atoms with Gasteiger partial charge in [-0.2, -0.15) is 0 Å². The van der Waals surface area contributed by atoms with Crippen LogP contribution in [0.4, 0.5) is 0 Å². The number of rotatable bonds is 5. The van der Waals surface area contributed by atoms with Crippen molar-refractivity contribution < 1.29 is 4.79 Å². The first-order valence-electron chi connectivity index (χ1n) is 6.62. The maximum absolute atomic E-state index is 11.8. The van der Waals surface area contributed by atoms with Crippen LogP contribution in [0.5, 0.6) is 0 Å². The number of allylic oxidation sites excluding steroid dienone is 5. The van der Waals surface area contributed by atoms with Gasteiger partial charge in [-0.3, -0.25) is 4.79 Å². The lowest BCUT2D eigenvalue weighted by molar-refractivity contribution is 0.104. The Morgan fingerprint density at radius 3 is 2.19 bits per heavy atom. The molecule has 0 amide bonds. The molecule has 2 aromatic rings. The third-order valence-electron chi connectivity index (χ3n) is 2.80. The van der Waals surface area contributed by atoms with Crippen molar-refractivity contribution in [3.63, 3.8) is 0 Å². The highest BCUT2D eigenvalue weighted by atomic mass is 79.9. The predicted octanol–water partition coefficient (Wildman–Crippen LogP) is 5.46. The number of halogens is 1. The van der Waals surface area contributed by atoms with Gasteiger partial charge in [0.2, 0.25) is 0 Å². The molecule has 0 fully saturated rings. The summed E-state index contributed by atoms with van der Waals surface area (Å²) in [7, 11) is 0. The van der Waals surface area contributed by atoms with Gasteiger partial charge in [0, 0.05) is 10.0 Å². The van der Waals surface area contributed by atoms with Crippen molar-refractivity contribution in [2.75, 3.05) is 0 Å². The lowest BCUT2D eigenvalue weighted by Crippen LogP contribution is -1.92. The van der Waals surface area contributed by atoms with E-state index in [9.17, 15) is 4.79 Å². The summed E-state index contributed by atoms with van der Waals surface area (Å²) in [5.41, 5.74) is 1.83. The van der Waals surface area contributed by atoms with Crippen LogP contribution in [0, 0.1) is 0 Å². The summed E-state index contributed by atoms with van der Waals surface area (Å²) in [4.78, 5) is 11.8. The zero-order valence-electron chi connectivity index (χ0n) is 11.4. The number of ketones is 1. The van der Waals surface area contributed by atoms with Crippen molar-refractivity contribution in [3.8, 4) is 0 Å². The summed E-state index contributed by atoms with van der Waals surface area (Å²) in [6.07, 6.45) is 11.0. The van der Waals surface area contributed by atoms with E-state index in [4.69, 9.17) is 0 Å². The fraction of sp³-hybridized carbons (Fsp3) is 0. The standard InChI is InChI=1S/C19H15BrO/c20-18-14-12-16(13-15-18)8-4-1-2-7-11-19(21)17-9-5-3-6-10-17/h1-15H. The first-order valence-corrected chi connectivity index (χ1v) is 7.41. The summed E-state index contributed by atoms with van der Waals surface area (Å²) < 4.78 is 1.07. The first kappa shape index (κ1) is 15.2. The first-order chi connectivity index (χ1) is 10.3. The minimum atomic E-state index is 0.0112. The van der Waals surface area contributed by atoms with Crippen LogP contribution in [0.15, 0.2) is 89.5 Å². The van der Waals surface area contributed by atoms with Crippen molar-refractivity contribution in [2.24, 2.45) is 0 Å². The topological polar surface area (TPSA) is 17.1 Å². The minimum Gasteiger partial charge on any atom is -0.289 e. The van der Waals surface area contributed by atoms with Crippen molar-refractivity contribution >= 4 is 27.8 Å². The van der Waals surface area contributed by atoms with Gasteiger partial charge in [-0.15, -0.1) is 0 Å².